The second-order valence-electron chi connectivity index (χ2n) is 4.54. The normalized spacial score (nSPS) is 18.5. The fraction of sp³-hybridized carbons (Fsp3) is 0.818. The molecule has 6 nitrogen and oxygen atoms in total. The minimum Gasteiger partial charge on any atom is -0.481 e. The van der Waals surface area contributed by atoms with E-state index < -0.39 is 5.97 Å². The molecule has 0 aromatic heterocycles. The van der Waals surface area contributed by atoms with E-state index in [4.69, 9.17) is 5.11 Å². The number of carbonyl (C=O) groups excluding carboxylic acids is 1. The summed E-state index contributed by atoms with van der Waals surface area (Å²) in [6.45, 7) is 3.54. The number of rotatable bonds is 4. The molecule has 17 heavy (non-hydrogen) atoms. The third-order valence-corrected chi connectivity index (χ3v) is 3.03. The van der Waals surface area contributed by atoms with Gasteiger partial charge in [-0.1, -0.05) is 0 Å². The summed E-state index contributed by atoms with van der Waals surface area (Å²) in [7, 11) is 1.76. The Kier molecular flexibility index (Phi) is 5.21. The van der Waals surface area contributed by atoms with Crippen LogP contribution in [0, 0.1) is 0 Å². The molecule has 1 unspecified atom stereocenters. The molecule has 3 N–H and O–H groups in total. The lowest BCUT2D eigenvalue weighted by molar-refractivity contribution is -0.137. The third-order valence-electron chi connectivity index (χ3n) is 3.03. The lowest BCUT2D eigenvalue weighted by atomic mass is 10.1. The quantitative estimate of drug-likeness (QED) is 0.661. The number of nitrogens with zero attached hydrogens (tertiary/aromatic N) is 1. The van der Waals surface area contributed by atoms with Crippen molar-refractivity contribution >= 4 is 12.0 Å². The number of amides is 2. The van der Waals surface area contributed by atoms with Crippen molar-refractivity contribution in [3.63, 3.8) is 0 Å². The monoisotopic (exact) mass is 243 g/mol. The van der Waals surface area contributed by atoms with Gasteiger partial charge >= 0.3 is 12.0 Å². The Morgan fingerprint density at radius 2 is 2.06 bits per heavy atom. The molecule has 0 radical (unpaired) electrons. The van der Waals surface area contributed by atoms with Crippen molar-refractivity contribution in [3.05, 3.63) is 0 Å². The molecule has 1 rings (SSSR count). The molecular weight excluding hydrogens is 222 g/mol. The number of carboxylic acids is 1. The van der Waals surface area contributed by atoms with Gasteiger partial charge in [0.2, 0.25) is 0 Å². The molecule has 98 valence electrons. The summed E-state index contributed by atoms with van der Waals surface area (Å²) in [5.41, 5.74) is 0. The second-order valence-corrected chi connectivity index (χ2v) is 4.54. The maximum Gasteiger partial charge on any atom is 0.317 e. The number of piperidine rings is 1. The van der Waals surface area contributed by atoms with E-state index in [0.717, 1.165) is 25.9 Å². The molecule has 0 aromatic carbocycles. The number of carbonyl (C=O) groups is 2. The van der Waals surface area contributed by atoms with Crippen LogP contribution in [0.1, 0.15) is 26.2 Å². The maximum absolute atomic E-state index is 11.8. The van der Waals surface area contributed by atoms with Crippen molar-refractivity contribution in [1.29, 1.82) is 0 Å². The molecule has 0 saturated carbocycles. The highest BCUT2D eigenvalue weighted by Gasteiger charge is 2.23. The van der Waals surface area contributed by atoms with Gasteiger partial charge in [0, 0.05) is 19.1 Å². The van der Waals surface area contributed by atoms with Gasteiger partial charge in [0.25, 0.3) is 0 Å². The number of hydrogen-bond donors (Lipinski definition) is 3. The van der Waals surface area contributed by atoms with Crippen LogP contribution >= 0.6 is 0 Å². The summed E-state index contributed by atoms with van der Waals surface area (Å²) in [5.74, 6) is -0.901. The van der Waals surface area contributed by atoms with Gasteiger partial charge in [0.15, 0.2) is 0 Å². The Morgan fingerprint density at radius 3 is 2.59 bits per heavy atom. The predicted molar refractivity (Wildman–Crippen MR) is 63.9 cm³/mol. The summed E-state index contributed by atoms with van der Waals surface area (Å²) in [6.07, 6.45) is 1.83. The highest BCUT2D eigenvalue weighted by molar-refractivity contribution is 5.75. The molecule has 1 atom stereocenters. The Labute approximate surface area is 101 Å². The zero-order valence-corrected chi connectivity index (χ0v) is 10.4. The molecule has 6 heteroatoms. The van der Waals surface area contributed by atoms with Gasteiger partial charge in [0.05, 0.1) is 6.42 Å². The number of aliphatic carboxylic acids is 1. The van der Waals surface area contributed by atoms with Crippen molar-refractivity contribution in [2.75, 3.05) is 20.1 Å². The number of hydrogen-bond acceptors (Lipinski definition) is 3. The fourth-order valence-electron chi connectivity index (χ4n) is 1.99. The molecule has 1 aliphatic heterocycles. The molecule has 0 spiro atoms. The van der Waals surface area contributed by atoms with Gasteiger partial charge in [-0.2, -0.15) is 0 Å². The molecule has 1 saturated heterocycles. The molecule has 0 bridgehead atoms. The van der Waals surface area contributed by atoms with E-state index in [1.165, 1.54) is 0 Å². The summed E-state index contributed by atoms with van der Waals surface area (Å²) in [6, 6.07) is -0.289. The van der Waals surface area contributed by atoms with Crippen molar-refractivity contribution < 1.29 is 14.7 Å². The van der Waals surface area contributed by atoms with E-state index in [1.54, 1.807) is 18.9 Å². The standard InChI is InChI=1S/C11H21N3O3/c1-8(7-10(15)16)13-11(17)14(2)9-3-5-12-6-4-9/h8-9,12H,3-7H2,1-2H3,(H,13,17)(H,15,16). The van der Waals surface area contributed by atoms with E-state index in [0.29, 0.717) is 0 Å². The first kappa shape index (κ1) is 13.8. The van der Waals surface area contributed by atoms with E-state index in [2.05, 4.69) is 10.6 Å². The molecule has 0 aromatic rings. The topological polar surface area (TPSA) is 81.7 Å². The van der Waals surface area contributed by atoms with Crippen LogP contribution in [0.15, 0.2) is 0 Å². The van der Waals surface area contributed by atoms with Crippen molar-refractivity contribution in [2.45, 2.75) is 38.3 Å². The second kappa shape index (κ2) is 6.44. The first-order valence-electron chi connectivity index (χ1n) is 5.96. The Morgan fingerprint density at radius 1 is 1.47 bits per heavy atom. The van der Waals surface area contributed by atoms with E-state index in [-0.39, 0.29) is 24.5 Å². The first-order valence-corrected chi connectivity index (χ1v) is 5.96. The molecule has 2 amide bonds. The van der Waals surface area contributed by atoms with Gasteiger partial charge in [-0.25, -0.2) is 4.79 Å². The Hall–Kier alpha value is -1.30. The smallest absolute Gasteiger partial charge is 0.317 e. The molecular formula is C11H21N3O3. The molecule has 0 aliphatic carbocycles. The lowest BCUT2D eigenvalue weighted by Gasteiger charge is -2.32. The SMILES string of the molecule is CC(CC(=O)O)NC(=O)N(C)C1CCNCC1. The lowest BCUT2D eigenvalue weighted by Crippen LogP contribution is -2.50. The highest BCUT2D eigenvalue weighted by Crippen LogP contribution is 2.10. The maximum atomic E-state index is 11.8. The van der Waals surface area contributed by atoms with Crippen LogP contribution in [0.4, 0.5) is 4.79 Å². The van der Waals surface area contributed by atoms with Gasteiger partial charge < -0.3 is 20.6 Å². The molecule has 1 fully saturated rings. The number of nitrogens with one attached hydrogen (secondary N) is 2. The average molecular weight is 243 g/mol. The van der Waals surface area contributed by atoms with Crippen LogP contribution < -0.4 is 10.6 Å². The van der Waals surface area contributed by atoms with Gasteiger partial charge in [-0.05, 0) is 32.9 Å². The number of carboxylic acid groups (broad SMARTS) is 1. The molecule has 1 aliphatic rings. The van der Waals surface area contributed by atoms with Crippen LogP contribution in [0.3, 0.4) is 0 Å². The van der Waals surface area contributed by atoms with Gasteiger partial charge in [-0.15, -0.1) is 0 Å². The van der Waals surface area contributed by atoms with Crippen LogP contribution in [-0.4, -0.2) is 54.2 Å². The fourth-order valence-corrected chi connectivity index (χ4v) is 1.99. The van der Waals surface area contributed by atoms with E-state index >= 15 is 0 Å². The van der Waals surface area contributed by atoms with Crippen molar-refractivity contribution in [3.8, 4) is 0 Å². The zero-order valence-electron chi connectivity index (χ0n) is 10.4. The van der Waals surface area contributed by atoms with Crippen LogP contribution in [0.2, 0.25) is 0 Å². The summed E-state index contributed by atoms with van der Waals surface area (Å²) < 4.78 is 0. The molecule has 1 heterocycles. The average Bonchev–Trinajstić information content (AvgIpc) is 2.28. The third kappa shape index (κ3) is 4.60. The highest BCUT2D eigenvalue weighted by atomic mass is 16.4. The summed E-state index contributed by atoms with van der Waals surface area (Å²) >= 11 is 0. The van der Waals surface area contributed by atoms with Crippen LogP contribution in [0.25, 0.3) is 0 Å². The Bertz CT molecular complexity index is 277. The van der Waals surface area contributed by atoms with E-state index in [1.807, 2.05) is 0 Å². The van der Waals surface area contributed by atoms with E-state index in [9.17, 15) is 9.59 Å². The minimum atomic E-state index is -0.901. The summed E-state index contributed by atoms with van der Waals surface area (Å²) in [4.78, 5) is 24.0. The predicted octanol–water partition coefficient (Wildman–Crippen LogP) is 0.243. The zero-order chi connectivity index (χ0) is 12.8. The Balaban J connectivity index is 2.37. The number of urea groups is 1. The first-order chi connectivity index (χ1) is 8.00. The van der Waals surface area contributed by atoms with Gasteiger partial charge in [-0.3, -0.25) is 4.79 Å². The van der Waals surface area contributed by atoms with Crippen LogP contribution in [-0.2, 0) is 4.79 Å². The van der Waals surface area contributed by atoms with Crippen molar-refractivity contribution in [1.82, 2.24) is 15.5 Å². The van der Waals surface area contributed by atoms with Crippen molar-refractivity contribution in [2.24, 2.45) is 0 Å². The largest absolute Gasteiger partial charge is 0.481 e. The van der Waals surface area contributed by atoms with Gasteiger partial charge in [0.1, 0.15) is 0 Å². The minimum absolute atomic E-state index is 0.0498. The van der Waals surface area contributed by atoms with Crippen LogP contribution in [0.5, 0.6) is 0 Å². The summed E-state index contributed by atoms with van der Waals surface area (Å²) in [5, 5.41) is 14.5.